The van der Waals surface area contributed by atoms with Crippen LogP contribution in [0.25, 0.3) is 0 Å². The summed E-state index contributed by atoms with van der Waals surface area (Å²) in [4.78, 5) is 26.9. The molecule has 0 aromatic carbocycles. The molecule has 1 N–H and O–H groups in total. The molecule has 2 atom stereocenters. The van der Waals surface area contributed by atoms with Crippen LogP contribution in [0.5, 0.6) is 5.88 Å². The van der Waals surface area contributed by atoms with Gasteiger partial charge in [0.2, 0.25) is 11.8 Å². The molecule has 162 valence electrons. The molecule has 0 aliphatic carbocycles. The van der Waals surface area contributed by atoms with Crippen LogP contribution in [0.2, 0.25) is 0 Å². The third-order valence-corrected chi connectivity index (χ3v) is 4.50. The molecule has 2 saturated heterocycles. The van der Waals surface area contributed by atoms with Gasteiger partial charge in [0.25, 0.3) is 0 Å². The lowest BCUT2D eigenvalue weighted by Gasteiger charge is -2.39. The topological polar surface area (TPSA) is 98.2 Å². The first kappa shape index (κ1) is 22.9. The summed E-state index contributed by atoms with van der Waals surface area (Å²) in [6.07, 6.45) is -0.669. The lowest BCUT2D eigenvalue weighted by atomic mass is 9.89. The van der Waals surface area contributed by atoms with E-state index in [4.69, 9.17) is 24.1 Å². The molecule has 29 heavy (non-hydrogen) atoms. The summed E-state index contributed by atoms with van der Waals surface area (Å²) >= 11 is 0. The number of carboxylic acids is 1. The molecule has 0 bridgehead atoms. The Kier molecular flexibility index (Phi) is 7.80. The minimum Gasteiger partial charge on any atom is -0.475 e. The number of hydrogen-bond donors (Lipinski definition) is 1. The van der Waals surface area contributed by atoms with Crippen molar-refractivity contribution in [2.24, 2.45) is 0 Å². The van der Waals surface area contributed by atoms with Gasteiger partial charge in [-0.3, -0.25) is 4.79 Å². The molecule has 2 aliphatic heterocycles. The van der Waals surface area contributed by atoms with Gasteiger partial charge in [0.15, 0.2) is 0 Å². The van der Waals surface area contributed by atoms with Gasteiger partial charge in [0, 0.05) is 38.9 Å². The predicted octanol–water partition coefficient (Wildman–Crippen LogP) is 1.89. The monoisotopic (exact) mass is 420 g/mol. The highest BCUT2D eigenvalue weighted by Crippen LogP contribution is 2.36. The number of carbonyl (C=O) groups is 2. The van der Waals surface area contributed by atoms with Gasteiger partial charge in [-0.2, -0.15) is 13.2 Å². The first-order valence-corrected chi connectivity index (χ1v) is 8.94. The average molecular weight is 420 g/mol. The van der Waals surface area contributed by atoms with E-state index >= 15 is 0 Å². The van der Waals surface area contributed by atoms with Gasteiger partial charge in [-0.05, 0) is 18.9 Å². The molecule has 1 aromatic heterocycles. The molecule has 0 radical (unpaired) electrons. The van der Waals surface area contributed by atoms with Gasteiger partial charge in [-0.25, -0.2) is 9.78 Å². The number of likely N-dealkylation sites (tertiary alicyclic amines) is 1. The van der Waals surface area contributed by atoms with Crippen molar-refractivity contribution in [1.29, 1.82) is 0 Å². The van der Waals surface area contributed by atoms with Crippen molar-refractivity contribution in [3.63, 3.8) is 0 Å². The summed E-state index contributed by atoms with van der Waals surface area (Å²) < 4.78 is 48.6. The van der Waals surface area contributed by atoms with Crippen LogP contribution in [0, 0.1) is 0 Å². The van der Waals surface area contributed by atoms with Crippen molar-refractivity contribution in [2.45, 2.75) is 37.1 Å². The van der Waals surface area contributed by atoms with Gasteiger partial charge < -0.3 is 24.2 Å². The first-order chi connectivity index (χ1) is 13.6. The number of amides is 1. The Bertz CT molecular complexity index is 688. The van der Waals surface area contributed by atoms with Crippen LogP contribution < -0.4 is 4.74 Å². The number of methoxy groups -OCH3 is 1. The number of carbonyl (C=O) groups excluding carboxylic acids is 1. The van der Waals surface area contributed by atoms with E-state index in [0.717, 1.165) is 25.8 Å². The fraction of sp³-hybridized carbons (Fsp3) is 0.611. The molecular weight excluding hydrogens is 397 g/mol. The zero-order valence-corrected chi connectivity index (χ0v) is 15.9. The summed E-state index contributed by atoms with van der Waals surface area (Å²) in [5.41, 5.74) is -0.277. The third-order valence-electron chi connectivity index (χ3n) is 4.50. The number of hydrogen-bond acceptors (Lipinski definition) is 6. The number of pyridine rings is 1. The number of aliphatic carboxylic acids is 1. The van der Waals surface area contributed by atoms with Gasteiger partial charge >= 0.3 is 12.1 Å². The summed E-state index contributed by atoms with van der Waals surface area (Å²) in [6, 6.07) is 5.61. The smallest absolute Gasteiger partial charge is 0.475 e. The van der Waals surface area contributed by atoms with Crippen LogP contribution in [0.4, 0.5) is 13.2 Å². The van der Waals surface area contributed by atoms with E-state index in [-0.39, 0.29) is 24.2 Å². The van der Waals surface area contributed by atoms with E-state index in [1.807, 2.05) is 23.1 Å². The first-order valence-electron chi connectivity index (χ1n) is 8.94. The normalized spacial score (nSPS) is 24.0. The zero-order chi connectivity index (χ0) is 21.5. The lowest BCUT2D eigenvalue weighted by molar-refractivity contribution is -0.192. The summed E-state index contributed by atoms with van der Waals surface area (Å²) in [7, 11) is 1.54. The molecule has 0 unspecified atom stereocenters. The molecule has 11 heteroatoms. The average Bonchev–Trinajstić information content (AvgIpc) is 3.04. The van der Waals surface area contributed by atoms with E-state index in [9.17, 15) is 18.0 Å². The minimum atomic E-state index is -5.08. The number of alkyl halides is 3. The standard InChI is InChI=1S/C16H22N2O4.C2HF3O2/c1-20-11-15(19)18-8-4-6-16(12-18)9-13(10-21-16)22-14-5-2-3-7-17-14;3-2(4,5)1(6)7/h2-3,5,7,13H,4,6,8-12H2,1H3;(H,6,7)/t13-,16-;/m0./s1. The zero-order valence-electron chi connectivity index (χ0n) is 15.9. The van der Waals surface area contributed by atoms with Crippen molar-refractivity contribution in [2.75, 3.05) is 33.4 Å². The van der Waals surface area contributed by atoms with Crippen LogP contribution in [0.1, 0.15) is 19.3 Å². The van der Waals surface area contributed by atoms with Crippen molar-refractivity contribution >= 4 is 11.9 Å². The van der Waals surface area contributed by atoms with E-state index in [2.05, 4.69) is 4.98 Å². The molecule has 1 spiro atoms. The number of ether oxygens (including phenoxy) is 3. The quantitative estimate of drug-likeness (QED) is 0.794. The molecule has 0 saturated carbocycles. The van der Waals surface area contributed by atoms with E-state index in [1.54, 1.807) is 13.3 Å². The van der Waals surface area contributed by atoms with Crippen LogP contribution in [0.3, 0.4) is 0 Å². The van der Waals surface area contributed by atoms with Crippen LogP contribution >= 0.6 is 0 Å². The Labute approximate surface area is 165 Å². The van der Waals surface area contributed by atoms with Gasteiger partial charge in [0.05, 0.1) is 12.2 Å². The predicted molar refractivity (Wildman–Crippen MR) is 93.3 cm³/mol. The Morgan fingerprint density at radius 3 is 2.72 bits per heavy atom. The van der Waals surface area contributed by atoms with E-state index in [0.29, 0.717) is 19.0 Å². The fourth-order valence-corrected chi connectivity index (χ4v) is 3.28. The molecular formula is C18H23F3N2O6. The maximum absolute atomic E-state index is 12.0. The number of rotatable bonds is 4. The van der Waals surface area contributed by atoms with Crippen molar-refractivity contribution in [1.82, 2.24) is 9.88 Å². The maximum Gasteiger partial charge on any atom is 0.490 e. The van der Waals surface area contributed by atoms with Gasteiger partial charge in [-0.1, -0.05) is 6.07 Å². The maximum atomic E-state index is 12.0. The van der Waals surface area contributed by atoms with Crippen LogP contribution in [-0.2, 0) is 19.1 Å². The molecule has 8 nitrogen and oxygen atoms in total. The van der Waals surface area contributed by atoms with Crippen molar-refractivity contribution in [3.05, 3.63) is 24.4 Å². The van der Waals surface area contributed by atoms with Crippen molar-refractivity contribution in [3.8, 4) is 5.88 Å². The second kappa shape index (κ2) is 9.88. The van der Waals surface area contributed by atoms with Gasteiger partial charge in [0.1, 0.15) is 12.7 Å². The highest BCUT2D eigenvalue weighted by molar-refractivity contribution is 5.77. The Morgan fingerprint density at radius 1 is 1.41 bits per heavy atom. The van der Waals surface area contributed by atoms with Crippen molar-refractivity contribution < 1.29 is 42.1 Å². The second-order valence-electron chi connectivity index (χ2n) is 6.76. The number of carboxylic acid groups (broad SMARTS) is 1. The number of nitrogens with zero attached hydrogens (tertiary/aromatic N) is 2. The highest BCUT2D eigenvalue weighted by Gasteiger charge is 2.45. The van der Waals surface area contributed by atoms with Gasteiger partial charge in [-0.15, -0.1) is 0 Å². The van der Waals surface area contributed by atoms with Crippen LogP contribution in [0.15, 0.2) is 24.4 Å². The molecule has 2 aliphatic rings. The Hall–Kier alpha value is -2.40. The fourth-order valence-electron chi connectivity index (χ4n) is 3.28. The minimum absolute atomic E-state index is 0.00706. The molecule has 3 rings (SSSR count). The number of aromatic nitrogens is 1. The Balaban J connectivity index is 0.000000370. The highest BCUT2D eigenvalue weighted by atomic mass is 19.4. The summed E-state index contributed by atoms with van der Waals surface area (Å²) in [5.74, 6) is -2.11. The number of piperidine rings is 1. The van der Waals surface area contributed by atoms with E-state index < -0.39 is 12.1 Å². The number of halogens is 3. The molecule has 3 heterocycles. The SMILES string of the molecule is COCC(=O)N1CCC[C@]2(C[C@H](Oc3ccccn3)CO2)C1.O=C(O)C(F)(F)F. The summed E-state index contributed by atoms with van der Waals surface area (Å²) in [5, 5.41) is 7.12. The second-order valence-corrected chi connectivity index (χ2v) is 6.76. The Morgan fingerprint density at radius 2 is 2.14 bits per heavy atom. The lowest BCUT2D eigenvalue weighted by Crippen LogP contribution is -2.51. The summed E-state index contributed by atoms with van der Waals surface area (Å²) in [6.45, 7) is 2.07. The molecule has 1 aromatic rings. The largest absolute Gasteiger partial charge is 0.490 e. The third kappa shape index (κ3) is 6.86. The van der Waals surface area contributed by atoms with Crippen LogP contribution in [-0.4, -0.2) is 78.2 Å². The molecule has 2 fully saturated rings. The van der Waals surface area contributed by atoms with E-state index in [1.165, 1.54) is 0 Å². The molecule has 1 amide bonds.